The first kappa shape index (κ1) is 15.5. The number of aliphatic hydroxyl groups is 1. The van der Waals surface area contributed by atoms with Gasteiger partial charge in [-0.1, -0.05) is 22.0 Å². The van der Waals surface area contributed by atoms with E-state index < -0.39 is 23.6 Å². The minimum absolute atomic E-state index is 0.0714. The van der Waals surface area contributed by atoms with Gasteiger partial charge in [0.2, 0.25) is 0 Å². The van der Waals surface area contributed by atoms with Gasteiger partial charge in [0.25, 0.3) is 0 Å². The van der Waals surface area contributed by atoms with E-state index in [2.05, 4.69) is 31.9 Å². The van der Waals surface area contributed by atoms with Crippen molar-refractivity contribution in [3.8, 4) is 0 Å². The molecule has 2 rings (SSSR count). The van der Waals surface area contributed by atoms with Gasteiger partial charge in [0.05, 0.1) is 10.6 Å². The van der Waals surface area contributed by atoms with E-state index in [1.807, 2.05) is 0 Å². The summed E-state index contributed by atoms with van der Waals surface area (Å²) in [6.07, 6.45) is -1.01. The van der Waals surface area contributed by atoms with Crippen LogP contribution in [-0.4, -0.2) is 5.11 Å². The van der Waals surface area contributed by atoms with E-state index in [1.54, 1.807) is 0 Å². The molecule has 0 aliphatic rings. The van der Waals surface area contributed by atoms with Gasteiger partial charge in [-0.2, -0.15) is 0 Å². The molecule has 20 heavy (non-hydrogen) atoms. The average molecular weight is 410 g/mol. The molecule has 0 saturated carbocycles. The highest BCUT2D eigenvalue weighted by molar-refractivity contribution is 9.10. The Hall–Kier alpha value is -0.850. The topological polar surface area (TPSA) is 20.2 Å². The quantitative estimate of drug-likeness (QED) is 0.714. The standard InChI is InChI=1S/C14H9Br2F3O/c15-10-3-1-8(17)5-7(10)6-12(20)9-2-4-11(18)14(19)13(9)16/h1-5,12,20H,6H2. The molecule has 1 unspecified atom stereocenters. The second-order valence-electron chi connectivity index (χ2n) is 4.22. The van der Waals surface area contributed by atoms with E-state index in [9.17, 15) is 18.3 Å². The molecule has 0 aliphatic heterocycles. The molecule has 0 bridgehead atoms. The maximum atomic E-state index is 13.4. The highest BCUT2D eigenvalue weighted by Crippen LogP contribution is 2.31. The molecule has 1 N–H and O–H groups in total. The Morgan fingerprint density at radius 3 is 2.45 bits per heavy atom. The Morgan fingerprint density at radius 2 is 1.75 bits per heavy atom. The molecule has 2 aromatic carbocycles. The maximum absolute atomic E-state index is 13.4. The van der Waals surface area contributed by atoms with Crippen molar-refractivity contribution in [3.05, 3.63) is 67.9 Å². The van der Waals surface area contributed by atoms with Crippen LogP contribution in [0.5, 0.6) is 0 Å². The summed E-state index contributed by atoms with van der Waals surface area (Å²) < 4.78 is 40.1. The first-order valence-electron chi connectivity index (χ1n) is 5.65. The van der Waals surface area contributed by atoms with E-state index in [0.29, 0.717) is 10.0 Å². The van der Waals surface area contributed by atoms with Gasteiger partial charge in [0.1, 0.15) is 5.82 Å². The van der Waals surface area contributed by atoms with Crippen LogP contribution in [0.25, 0.3) is 0 Å². The van der Waals surface area contributed by atoms with Crippen molar-refractivity contribution in [1.29, 1.82) is 0 Å². The fourth-order valence-corrected chi connectivity index (χ4v) is 2.81. The normalized spacial score (nSPS) is 12.5. The summed E-state index contributed by atoms with van der Waals surface area (Å²) in [5, 5.41) is 10.1. The predicted octanol–water partition coefficient (Wildman–Crippen LogP) is 4.91. The second kappa shape index (κ2) is 6.28. The molecule has 1 nitrogen and oxygen atoms in total. The zero-order chi connectivity index (χ0) is 14.9. The lowest BCUT2D eigenvalue weighted by molar-refractivity contribution is 0.176. The summed E-state index contributed by atoms with van der Waals surface area (Å²) in [5.41, 5.74) is 0.745. The summed E-state index contributed by atoms with van der Waals surface area (Å²) in [4.78, 5) is 0. The van der Waals surface area contributed by atoms with Gasteiger partial charge in [-0.05, 0) is 51.3 Å². The van der Waals surface area contributed by atoms with Crippen molar-refractivity contribution in [1.82, 2.24) is 0 Å². The first-order valence-corrected chi connectivity index (χ1v) is 7.24. The number of hydrogen-bond acceptors (Lipinski definition) is 1. The van der Waals surface area contributed by atoms with Gasteiger partial charge >= 0.3 is 0 Å². The largest absolute Gasteiger partial charge is 0.388 e. The number of aliphatic hydroxyl groups excluding tert-OH is 1. The number of halogens is 5. The van der Waals surface area contributed by atoms with Crippen molar-refractivity contribution >= 4 is 31.9 Å². The monoisotopic (exact) mass is 408 g/mol. The van der Waals surface area contributed by atoms with Crippen molar-refractivity contribution < 1.29 is 18.3 Å². The number of benzene rings is 2. The highest BCUT2D eigenvalue weighted by Gasteiger charge is 2.18. The van der Waals surface area contributed by atoms with Crippen LogP contribution in [0.3, 0.4) is 0 Å². The van der Waals surface area contributed by atoms with Gasteiger partial charge in [-0.25, -0.2) is 13.2 Å². The van der Waals surface area contributed by atoms with E-state index in [1.165, 1.54) is 24.3 Å². The number of hydrogen-bond donors (Lipinski definition) is 1. The number of rotatable bonds is 3. The molecule has 0 aliphatic carbocycles. The molecule has 106 valence electrons. The molecular formula is C14H9Br2F3O. The van der Waals surface area contributed by atoms with Gasteiger partial charge in [-0.3, -0.25) is 0 Å². The zero-order valence-corrected chi connectivity index (χ0v) is 13.2. The maximum Gasteiger partial charge on any atom is 0.173 e. The Labute approximate surface area is 130 Å². The van der Waals surface area contributed by atoms with Gasteiger partial charge < -0.3 is 5.11 Å². The molecule has 0 heterocycles. The molecule has 0 radical (unpaired) electrons. The predicted molar refractivity (Wildman–Crippen MR) is 76.8 cm³/mol. The smallest absolute Gasteiger partial charge is 0.173 e. The minimum Gasteiger partial charge on any atom is -0.388 e. The van der Waals surface area contributed by atoms with E-state index >= 15 is 0 Å². The third kappa shape index (κ3) is 3.24. The molecule has 0 amide bonds. The van der Waals surface area contributed by atoms with Crippen LogP contribution in [0.4, 0.5) is 13.2 Å². The Bertz CT molecular complexity index is 647. The summed E-state index contributed by atoms with van der Waals surface area (Å²) in [5.74, 6) is -2.49. The highest BCUT2D eigenvalue weighted by atomic mass is 79.9. The molecule has 0 saturated heterocycles. The van der Waals surface area contributed by atoms with E-state index in [0.717, 1.165) is 6.07 Å². The summed E-state index contributed by atoms with van der Waals surface area (Å²) in [6.45, 7) is 0. The minimum atomic E-state index is -1.09. The van der Waals surface area contributed by atoms with Crippen molar-refractivity contribution in [3.63, 3.8) is 0 Å². The summed E-state index contributed by atoms with van der Waals surface area (Å²) in [7, 11) is 0. The van der Waals surface area contributed by atoms with Crippen LogP contribution in [0.1, 0.15) is 17.2 Å². The third-order valence-electron chi connectivity index (χ3n) is 2.85. The lowest BCUT2D eigenvalue weighted by Gasteiger charge is -2.14. The fourth-order valence-electron chi connectivity index (χ4n) is 1.82. The fraction of sp³-hybridized carbons (Fsp3) is 0.143. The van der Waals surface area contributed by atoms with Crippen LogP contribution in [0, 0.1) is 17.5 Å². The van der Waals surface area contributed by atoms with Crippen molar-refractivity contribution in [2.45, 2.75) is 12.5 Å². The lowest BCUT2D eigenvalue weighted by atomic mass is 10.0. The molecular weight excluding hydrogens is 401 g/mol. The van der Waals surface area contributed by atoms with Crippen molar-refractivity contribution in [2.24, 2.45) is 0 Å². The average Bonchev–Trinajstić information content (AvgIpc) is 2.40. The van der Waals surface area contributed by atoms with Gasteiger partial charge in [0, 0.05) is 10.9 Å². The summed E-state index contributed by atoms with van der Waals surface area (Å²) in [6, 6.07) is 6.33. The Balaban J connectivity index is 2.31. The summed E-state index contributed by atoms with van der Waals surface area (Å²) >= 11 is 6.17. The Morgan fingerprint density at radius 1 is 1.05 bits per heavy atom. The molecule has 0 spiro atoms. The van der Waals surface area contributed by atoms with Crippen LogP contribution in [0.2, 0.25) is 0 Å². The van der Waals surface area contributed by atoms with Crippen LogP contribution >= 0.6 is 31.9 Å². The third-order valence-corrected chi connectivity index (χ3v) is 4.42. The van der Waals surface area contributed by atoms with Crippen LogP contribution in [-0.2, 0) is 6.42 Å². The van der Waals surface area contributed by atoms with Crippen molar-refractivity contribution in [2.75, 3.05) is 0 Å². The first-order chi connectivity index (χ1) is 9.40. The molecule has 0 fully saturated rings. The molecule has 2 aromatic rings. The van der Waals surface area contributed by atoms with Crippen LogP contribution < -0.4 is 0 Å². The van der Waals surface area contributed by atoms with Gasteiger partial charge in [0.15, 0.2) is 11.6 Å². The molecule has 0 aromatic heterocycles. The molecule has 6 heteroatoms. The van der Waals surface area contributed by atoms with E-state index in [-0.39, 0.29) is 16.5 Å². The SMILES string of the molecule is OC(Cc1cc(F)ccc1Br)c1ccc(F)c(F)c1Br. The zero-order valence-electron chi connectivity index (χ0n) is 10.0. The van der Waals surface area contributed by atoms with E-state index in [4.69, 9.17) is 0 Å². The Kier molecular flexibility index (Phi) is 4.88. The lowest BCUT2D eigenvalue weighted by Crippen LogP contribution is -2.05. The second-order valence-corrected chi connectivity index (χ2v) is 5.87. The van der Waals surface area contributed by atoms with Gasteiger partial charge in [-0.15, -0.1) is 0 Å². The van der Waals surface area contributed by atoms with Crippen LogP contribution in [0.15, 0.2) is 39.3 Å². The molecule has 1 atom stereocenters.